The lowest BCUT2D eigenvalue weighted by Gasteiger charge is -2.73. The van der Waals surface area contributed by atoms with E-state index in [-0.39, 0.29) is 28.3 Å². The minimum atomic E-state index is 0.00586. The molecular formula is C48H84O3. The van der Waals surface area contributed by atoms with Crippen LogP contribution in [0.1, 0.15) is 215 Å². The van der Waals surface area contributed by atoms with Gasteiger partial charge >= 0.3 is 5.97 Å². The van der Waals surface area contributed by atoms with E-state index >= 15 is 0 Å². The highest BCUT2D eigenvalue weighted by molar-refractivity contribution is 5.69. The molecular weight excluding hydrogens is 625 g/mol. The summed E-state index contributed by atoms with van der Waals surface area (Å²) in [6.45, 7) is 22.4. The lowest BCUT2D eigenvalue weighted by molar-refractivity contribution is -0.251. The number of rotatable bonds is 19. The van der Waals surface area contributed by atoms with Crippen molar-refractivity contribution in [2.75, 3.05) is 6.61 Å². The number of hydrogen-bond acceptors (Lipinski definition) is 3. The van der Waals surface area contributed by atoms with E-state index in [2.05, 4.69) is 55.0 Å². The molecule has 0 aromatic heterocycles. The van der Waals surface area contributed by atoms with E-state index in [1.807, 2.05) is 0 Å². The molecule has 0 saturated heterocycles. The minimum Gasteiger partial charge on any atom is -0.462 e. The second-order valence-electron chi connectivity index (χ2n) is 20.7. The van der Waals surface area contributed by atoms with Gasteiger partial charge in [-0.25, -0.2) is 0 Å². The maximum atomic E-state index is 13.2. The molecule has 0 aromatic carbocycles. The van der Waals surface area contributed by atoms with Crippen LogP contribution in [0.3, 0.4) is 0 Å². The zero-order valence-corrected chi connectivity index (χ0v) is 35.0. The van der Waals surface area contributed by atoms with Gasteiger partial charge < -0.3 is 9.84 Å². The molecule has 5 saturated carbocycles. The second-order valence-corrected chi connectivity index (χ2v) is 20.7. The van der Waals surface area contributed by atoms with Gasteiger partial charge in [-0.05, 0) is 129 Å². The Kier molecular flexibility index (Phi) is 14.0. The van der Waals surface area contributed by atoms with Crippen LogP contribution in [-0.2, 0) is 9.53 Å². The number of aliphatic hydroxyl groups is 1. The van der Waals surface area contributed by atoms with Crippen molar-refractivity contribution in [1.29, 1.82) is 0 Å². The van der Waals surface area contributed by atoms with Crippen LogP contribution in [0.4, 0.5) is 0 Å². The molecule has 5 fully saturated rings. The van der Waals surface area contributed by atoms with E-state index in [0.717, 1.165) is 19.3 Å². The maximum absolute atomic E-state index is 13.2. The fourth-order valence-electron chi connectivity index (χ4n) is 14.6. The average molecular weight is 709 g/mol. The molecule has 0 heterocycles. The molecule has 10 unspecified atom stereocenters. The summed E-state index contributed by atoms with van der Waals surface area (Å²) in [5.41, 5.74) is 2.40. The number of fused-ring (bicyclic) bond motifs is 7. The Morgan fingerprint density at radius 3 is 1.82 bits per heavy atom. The monoisotopic (exact) mass is 709 g/mol. The lowest BCUT2D eigenvalue weighted by Crippen LogP contribution is -2.67. The van der Waals surface area contributed by atoms with E-state index < -0.39 is 0 Å². The Morgan fingerprint density at radius 1 is 0.667 bits per heavy atom. The summed E-state index contributed by atoms with van der Waals surface area (Å²) < 4.78 is 6.42. The van der Waals surface area contributed by atoms with Crippen LogP contribution < -0.4 is 0 Å². The molecule has 51 heavy (non-hydrogen) atoms. The Balaban J connectivity index is 1.07. The Hall–Kier alpha value is -0.830. The number of aliphatic hydroxyl groups excluding tert-OH is 1. The molecule has 3 nitrogen and oxygen atoms in total. The molecule has 0 bridgehead atoms. The van der Waals surface area contributed by atoms with Crippen LogP contribution in [0.25, 0.3) is 0 Å². The van der Waals surface area contributed by atoms with E-state index in [1.54, 1.807) is 0 Å². The van der Waals surface area contributed by atoms with Crippen molar-refractivity contribution in [3.63, 3.8) is 0 Å². The standard InChI is InChI=1S/C48H84O3/c1-9-10-11-12-13-14-15-16-17-18-19-20-21-22-23-24-42(50)51-41-29-30-45(6)39(44(41,4)5)28-31-47(8)40(45)26-25-38-43-37(36(2)3)27-32-48(43,35-49)34-33-46(38,47)7/h37-41,43,49H,2,9-35H2,1,3-8H3. The van der Waals surface area contributed by atoms with Crippen LogP contribution >= 0.6 is 0 Å². The van der Waals surface area contributed by atoms with Crippen LogP contribution in [0, 0.1) is 56.7 Å². The fraction of sp³-hybridized carbons (Fsp3) is 0.938. The van der Waals surface area contributed by atoms with Gasteiger partial charge in [0.25, 0.3) is 0 Å². The van der Waals surface area contributed by atoms with E-state index in [9.17, 15) is 9.90 Å². The molecule has 0 aromatic rings. The van der Waals surface area contributed by atoms with Crippen LogP contribution in [0.2, 0.25) is 0 Å². The molecule has 5 aliphatic carbocycles. The van der Waals surface area contributed by atoms with E-state index in [4.69, 9.17) is 4.74 Å². The number of hydrogen-bond donors (Lipinski definition) is 1. The molecule has 0 radical (unpaired) electrons. The van der Waals surface area contributed by atoms with Gasteiger partial charge in [-0.1, -0.05) is 144 Å². The summed E-state index contributed by atoms with van der Waals surface area (Å²) in [4.78, 5) is 13.2. The van der Waals surface area contributed by atoms with E-state index in [0.29, 0.717) is 53.4 Å². The van der Waals surface area contributed by atoms with Gasteiger partial charge in [-0.3, -0.25) is 4.79 Å². The van der Waals surface area contributed by atoms with Crippen molar-refractivity contribution in [3.05, 3.63) is 12.2 Å². The van der Waals surface area contributed by atoms with Crippen molar-refractivity contribution >= 4 is 5.97 Å². The predicted molar refractivity (Wildman–Crippen MR) is 215 cm³/mol. The Bertz CT molecular complexity index is 1140. The number of esters is 1. The third-order valence-corrected chi connectivity index (χ3v) is 17.8. The average Bonchev–Trinajstić information content (AvgIpc) is 3.49. The van der Waals surface area contributed by atoms with Gasteiger partial charge in [0.2, 0.25) is 0 Å². The van der Waals surface area contributed by atoms with Gasteiger partial charge in [0, 0.05) is 18.4 Å². The first-order chi connectivity index (χ1) is 24.3. The van der Waals surface area contributed by atoms with Gasteiger partial charge in [0.15, 0.2) is 0 Å². The first kappa shape index (κ1) is 41.3. The molecule has 1 N–H and O–H groups in total. The zero-order chi connectivity index (χ0) is 36.9. The number of carbonyl (C=O) groups is 1. The SMILES string of the molecule is C=C(C)C1CCC2(CO)CCC3(C)C(CCC4C5(C)CCC(OC(=O)CCCCCCCCCCCCCCCCC)C(C)(C)C5CCC43C)C12. The highest BCUT2D eigenvalue weighted by Gasteiger charge is 2.71. The molecule has 10 atom stereocenters. The molecule has 5 rings (SSSR count). The van der Waals surface area contributed by atoms with Crippen LogP contribution in [0.15, 0.2) is 12.2 Å². The maximum Gasteiger partial charge on any atom is 0.306 e. The first-order valence-corrected chi connectivity index (χ1v) is 22.8. The van der Waals surface area contributed by atoms with Crippen molar-refractivity contribution < 1.29 is 14.6 Å². The minimum absolute atomic E-state index is 0.00586. The normalized spacial score (nSPS) is 39.8. The molecule has 0 spiro atoms. The molecule has 3 heteroatoms. The van der Waals surface area contributed by atoms with Crippen LogP contribution in [-0.4, -0.2) is 23.8 Å². The van der Waals surface area contributed by atoms with Crippen LogP contribution in [0.5, 0.6) is 0 Å². The molecule has 0 amide bonds. The second kappa shape index (κ2) is 17.3. The predicted octanol–water partition coefficient (Wildman–Crippen LogP) is 13.8. The van der Waals surface area contributed by atoms with Gasteiger partial charge in [-0.15, -0.1) is 0 Å². The number of unbranched alkanes of at least 4 members (excludes halogenated alkanes) is 14. The number of carbonyl (C=O) groups excluding carboxylic acids is 1. The third kappa shape index (κ3) is 8.11. The zero-order valence-electron chi connectivity index (χ0n) is 35.0. The summed E-state index contributed by atoms with van der Waals surface area (Å²) in [5.74, 6) is 3.22. The summed E-state index contributed by atoms with van der Waals surface area (Å²) in [6.07, 6.45) is 33.1. The van der Waals surface area contributed by atoms with Gasteiger partial charge in [0.1, 0.15) is 6.10 Å². The quantitative estimate of drug-likeness (QED) is 0.0825. The largest absolute Gasteiger partial charge is 0.462 e. The molecule has 5 aliphatic rings. The molecule has 0 aliphatic heterocycles. The van der Waals surface area contributed by atoms with Crippen molar-refractivity contribution in [2.24, 2.45) is 56.7 Å². The van der Waals surface area contributed by atoms with Crippen molar-refractivity contribution in [3.8, 4) is 0 Å². The van der Waals surface area contributed by atoms with Gasteiger partial charge in [-0.2, -0.15) is 0 Å². The Labute approximate surface area is 316 Å². The summed E-state index contributed by atoms with van der Waals surface area (Å²) in [5, 5.41) is 10.8. The van der Waals surface area contributed by atoms with Gasteiger partial charge in [0.05, 0.1) is 0 Å². The number of ether oxygens (including phenoxy) is 1. The smallest absolute Gasteiger partial charge is 0.306 e. The van der Waals surface area contributed by atoms with E-state index in [1.165, 1.54) is 147 Å². The third-order valence-electron chi connectivity index (χ3n) is 17.8. The lowest BCUT2D eigenvalue weighted by atomic mass is 9.32. The fourth-order valence-corrected chi connectivity index (χ4v) is 14.6. The number of allylic oxidation sites excluding steroid dienone is 1. The first-order valence-electron chi connectivity index (χ1n) is 22.8. The summed E-state index contributed by atoms with van der Waals surface area (Å²) in [6, 6.07) is 0. The topological polar surface area (TPSA) is 46.5 Å². The summed E-state index contributed by atoms with van der Waals surface area (Å²) >= 11 is 0. The van der Waals surface area contributed by atoms with Crippen molar-refractivity contribution in [2.45, 2.75) is 222 Å². The van der Waals surface area contributed by atoms with Crippen molar-refractivity contribution in [1.82, 2.24) is 0 Å². The highest BCUT2D eigenvalue weighted by Crippen LogP contribution is 2.77. The summed E-state index contributed by atoms with van der Waals surface area (Å²) in [7, 11) is 0. The highest BCUT2D eigenvalue weighted by atomic mass is 16.5. The molecule has 294 valence electrons. The Morgan fingerprint density at radius 2 is 1.25 bits per heavy atom.